The molecule has 1 aliphatic heterocycles. The van der Waals surface area contributed by atoms with E-state index in [0.717, 1.165) is 11.1 Å². The molecule has 0 aliphatic carbocycles. The Kier molecular flexibility index (Phi) is 4.39. The molecule has 1 aromatic carbocycles. The molecule has 1 fully saturated rings. The normalized spacial score (nSPS) is 24.4. The van der Waals surface area contributed by atoms with E-state index >= 15 is 0 Å². The van der Waals surface area contributed by atoms with E-state index in [1.54, 1.807) is 18.7 Å². The second kappa shape index (κ2) is 5.77. The SMILES string of the molecule is Cc1ccc(C2NC(C)C(=O)N2C(C)CS(C)(=O)=O)cc1. The first-order chi connectivity index (χ1) is 9.69. The predicted octanol–water partition coefficient (Wildman–Crippen LogP) is 1.25. The lowest BCUT2D eigenvalue weighted by Crippen LogP contribution is -2.42. The molecule has 0 bridgehead atoms. The van der Waals surface area contributed by atoms with Crippen molar-refractivity contribution in [2.24, 2.45) is 0 Å². The quantitative estimate of drug-likeness (QED) is 0.909. The van der Waals surface area contributed by atoms with Crippen LogP contribution >= 0.6 is 0 Å². The average molecular weight is 310 g/mol. The number of hydrogen-bond acceptors (Lipinski definition) is 4. The molecule has 2 rings (SSSR count). The summed E-state index contributed by atoms with van der Waals surface area (Å²) >= 11 is 0. The molecule has 0 aromatic heterocycles. The van der Waals surface area contributed by atoms with Gasteiger partial charge >= 0.3 is 0 Å². The van der Waals surface area contributed by atoms with Gasteiger partial charge in [0.2, 0.25) is 5.91 Å². The molecule has 1 N–H and O–H groups in total. The molecule has 1 saturated heterocycles. The van der Waals surface area contributed by atoms with Crippen molar-refractivity contribution in [1.82, 2.24) is 10.2 Å². The Bertz CT molecular complexity index is 625. The zero-order valence-corrected chi connectivity index (χ0v) is 13.6. The van der Waals surface area contributed by atoms with E-state index in [9.17, 15) is 13.2 Å². The topological polar surface area (TPSA) is 66.5 Å². The van der Waals surface area contributed by atoms with E-state index in [1.807, 2.05) is 31.2 Å². The Hall–Kier alpha value is -1.40. The monoisotopic (exact) mass is 310 g/mol. The van der Waals surface area contributed by atoms with Gasteiger partial charge in [-0.25, -0.2) is 8.42 Å². The predicted molar refractivity (Wildman–Crippen MR) is 82.5 cm³/mol. The average Bonchev–Trinajstić information content (AvgIpc) is 2.64. The van der Waals surface area contributed by atoms with Gasteiger partial charge in [0.1, 0.15) is 16.0 Å². The highest BCUT2D eigenvalue weighted by atomic mass is 32.2. The van der Waals surface area contributed by atoms with E-state index in [1.165, 1.54) is 6.26 Å². The lowest BCUT2D eigenvalue weighted by molar-refractivity contribution is -0.131. The van der Waals surface area contributed by atoms with Gasteiger partial charge in [0.25, 0.3) is 0 Å². The van der Waals surface area contributed by atoms with Crippen molar-refractivity contribution < 1.29 is 13.2 Å². The maximum atomic E-state index is 12.4. The molecule has 3 atom stereocenters. The van der Waals surface area contributed by atoms with Crippen molar-refractivity contribution in [3.8, 4) is 0 Å². The third kappa shape index (κ3) is 3.63. The van der Waals surface area contributed by atoms with Crippen LogP contribution in [0.5, 0.6) is 0 Å². The minimum atomic E-state index is -3.14. The fourth-order valence-corrected chi connectivity index (χ4v) is 3.77. The maximum Gasteiger partial charge on any atom is 0.241 e. The Morgan fingerprint density at radius 3 is 2.38 bits per heavy atom. The third-order valence-corrected chi connectivity index (χ3v) is 4.81. The molecule has 1 aliphatic rings. The van der Waals surface area contributed by atoms with Crippen molar-refractivity contribution >= 4 is 15.7 Å². The summed E-state index contributed by atoms with van der Waals surface area (Å²) in [5, 5.41) is 3.24. The molecule has 0 radical (unpaired) electrons. The largest absolute Gasteiger partial charge is 0.318 e. The molecule has 116 valence electrons. The van der Waals surface area contributed by atoms with Crippen LogP contribution in [-0.4, -0.2) is 43.3 Å². The van der Waals surface area contributed by atoms with Crippen LogP contribution in [0.3, 0.4) is 0 Å². The van der Waals surface area contributed by atoms with Crippen molar-refractivity contribution in [2.45, 2.75) is 39.0 Å². The highest BCUT2D eigenvalue weighted by molar-refractivity contribution is 7.90. The Morgan fingerprint density at radius 1 is 1.29 bits per heavy atom. The zero-order chi connectivity index (χ0) is 15.8. The third-order valence-electron chi connectivity index (χ3n) is 3.72. The molecule has 3 unspecified atom stereocenters. The molecule has 21 heavy (non-hydrogen) atoms. The number of nitrogens with zero attached hydrogens (tertiary/aromatic N) is 1. The summed E-state index contributed by atoms with van der Waals surface area (Å²) in [6.07, 6.45) is 0.923. The van der Waals surface area contributed by atoms with E-state index in [-0.39, 0.29) is 29.9 Å². The molecule has 1 heterocycles. The summed E-state index contributed by atoms with van der Waals surface area (Å²) in [6.45, 7) is 5.58. The number of rotatable bonds is 4. The standard InChI is InChI=1S/C15H22N2O3S/c1-10-5-7-13(8-6-10)14-16-12(3)15(18)17(14)11(2)9-21(4,19)20/h5-8,11-12,14,16H,9H2,1-4H3. The Morgan fingerprint density at radius 2 is 1.86 bits per heavy atom. The summed E-state index contributed by atoms with van der Waals surface area (Å²) < 4.78 is 23.0. The summed E-state index contributed by atoms with van der Waals surface area (Å²) in [5.41, 5.74) is 2.12. The van der Waals surface area contributed by atoms with E-state index in [0.29, 0.717) is 0 Å². The van der Waals surface area contributed by atoms with Gasteiger partial charge in [-0.05, 0) is 26.3 Å². The van der Waals surface area contributed by atoms with Gasteiger partial charge in [-0.1, -0.05) is 29.8 Å². The minimum absolute atomic E-state index is 0.0322. The maximum absolute atomic E-state index is 12.4. The van der Waals surface area contributed by atoms with Gasteiger partial charge in [0.15, 0.2) is 0 Å². The fourth-order valence-electron chi connectivity index (χ4n) is 2.73. The van der Waals surface area contributed by atoms with Crippen LogP contribution in [0.1, 0.15) is 31.1 Å². The van der Waals surface area contributed by atoms with Gasteiger partial charge in [0.05, 0.1) is 11.8 Å². The van der Waals surface area contributed by atoms with Crippen molar-refractivity contribution in [1.29, 1.82) is 0 Å². The van der Waals surface area contributed by atoms with Crippen molar-refractivity contribution in [3.63, 3.8) is 0 Å². The lowest BCUT2D eigenvalue weighted by atomic mass is 10.1. The first kappa shape index (κ1) is 16.0. The molecular formula is C15H22N2O3S. The number of sulfone groups is 1. The zero-order valence-electron chi connectivity index (χ0n) is 12.8. The van der Waals surface area contributed by atoms with E-state index < -0.39 is 9.84 Å². The van der Waals surface area contributed by atoms with Crippen molar-refractivity contribution in [3.05, 3.63) is 35.4 Å². The van der Waals surface area contributed by atoms with Crippen molar-refractivity contribution in [2.75, 3.05) is 12.0 Å². The number of nitrogens with one attached hydrogen (secondary N) is 1. The van der Waals surface area contributed by atoms with Gasteiger partial charge in [-0.3, -0.25) is 10.1 Å². The highest BCUT2D eigenvalue weighted by Crippen LogP contribution is 2.28. The second-order valence-electron chi connectivity index (χ2n) is 5.89. The second-order valence-corrected chi connectivity index (χ2v) is 8.07. The van der Waals surface area contributed by atoms with Gasteiger partial charge in [-0.15, -0.1) is 0 Å². The molecule has 0 saturated carbocycles. The molecule has 1 amide bonds. The fraction of sp³-hybridized carbons (Fsp3) is 0.533. The van der Waals surface area contributed by atoms with Gasteiger partial charge in [0, 0.05) is 12.3 Å². The van der Waals surface area contributed by atoms with Crippen LogP contribution in [0.4, 0.5) is 0 Å². The highest BCUT2D eigenvalue weighted by Gasteiger charge is 2.40. The number of amides is 1. The summed E-state index contributed by atoms with van der Waals surface area (Å²) in [4.78, 5) is 14.0. The Balaban J connectivity index is 2.30. The minimum Gasteiger partial charge on any atom is -0.318 e. The molecule has 0 spiro atoms. The molecular weight excluding hydrogens is 288 g/mol. The molecule has 5 nitrogen and oxygen atoms in total. The number of carbonyl (C=O) groups is 1. The first-order valence-electron chi connectivity index (χ1n) is 7.01. The van der Waals surface area contributed by atoms with E-state index in [4.69, 9.17) is 0 Å². The Labute approximate surface area is 126 Å². The molecule has 6 heteroatoms. The van der Waals surface area contributed by atoms with Crippen LogP contribution in [0, 0.1) is 6.92 Å². The number of hydrogen-bond donors (Lipinski definition) is 1. The van der Waals surface area contributed by atoms with Gasteiger partial charge in [-0.2, -0.15) is 0 Å². The summed E-state index contributed by atoms with van der Waals surface area (Å²) in [7, 11) is -3.14. The van der Waals surface area contributed by atoms with Crippen LogP contribution in [0.25, 0.3) is 0 Å². The van der Waals surface area contributed by atoms with Crippen LogP contribution in [0.15, 0.2) is 24.3 Å². The summed E-state index contributed by atoms with van der Waals surface area (Å²) in [6, 6.07) is 7.25. The smallest absolute Gasteiger partial charge is 0.241 e. The van der Waals surface area contributed by atoms with Crippen LogP contribution in [-0.2, 0) is 14.6 Å². The van der Waals surface area contributed by atoms with Gasteiger partial charge < -0.3 is 4.90 Å². The number of carbonyl (C=O) groups excluding carboxylic acids is 1. The van der Waals surface area contributed by atoms with E-state index in [2.05, 4.69) is 5.32 Å². The van der Waals surface area contributed by atoms with Crippen LogP contribution in [0.2, 0.25) is 0 Å². The lowest BCUT2D eigenvalue weighted by Gasteiger charge is -2.30. The summed E-state index contributed by atoms with van der Waals surface area (Å²) in [5.74, 6) is -0.0908. The first-order valence-corrected chi connectivity index (χ1v) is 9.07. The van der Waals surface area contributed by atoms with Crippen LogP contribution < -0.4 is 5.32 Å². The number of benzene rings is 1. The number of aryl methyl sites for hydroxylation is 1. The molecule has 1 aromatic rings.